The lowest BCUT2D eigenvalue weighted by molar-refractivity contribution is -0.152. The Morgan fingerprint density at radius 1 is 1.16 bits per heavy atom. The Morgan fingerprint density at radius 2 is 1.89 bits per heavy atom. The third-order valence-corrected chi connectivity index (χ3v) is 3.14. The van der Waals surface area contributed by atoms with Crippen molar-refractivity contribution in [3.8, 4) is 0 Å². The van der Waals surface area contributed by atoms with Gasteiger partial charge in [-0.25, -0.2) is 4.79 Å². The lowest BCUT2D eigenvalue weighted by atomic mass is 10.1. The molecule has 2 saturated heterocycles. The van der Waals surface area contributed by atoms with Gasteiger partial charge < -0.3 is 19.3 Å². The fourth-order valence-corrected chi connectivity index (χ4v) is 2.14. The van der Waals surface area contributed by atoms with Crippen molar-refractivity contribution in [3.05, 3.63) is 35.9 Å². The maximum Gasteiger partial charge on any atom is 0.343 e. The highest BCUT2D eigenvalue weighted by Gasteiger charge is 2.49. The number of Topliss-reactive ketones (excluding diaryl/α,β-unsaturated/α-hetero) is 1. The molecular weight excluding hydrogens is 252 g/mol. The van der Waals surface area contributed by atoms with Gasteiger partial charge in [-0.1, -0.05) is 30.3 Å². The second-order valence-corrected chi connectivity index (χ2v) is 4.41. The number of carbonyl (C=O) groups is 2. The minimum absolute atomic E-state index is 0.135. The molecule has 1 aromatic carbocycles. The summed E-state index contributed by atoms with van der Waals surface area (Å²) in [5, 5.41) is 9.26. The summed E-state index contributed by atoms with van der Waals surface area (Å²) in [6.07, 6.45) is -4.06. The minimum Gasteiger partial charge on any atom is -0.449 e. The van der Waals surface area contributed by atoms with Gasteiger partial charge in [-0.15, -0.1) is 0 Å². The minimum atomic E-state index is -1.70. The third-order valence-electron chi connectivity index (χ3n) is 3.14. The fraction of sp³-hybridized carbons (Fsp3) is 0.385. The average Bonchev–Trinajstić information content (AvgIpc) is 3.01. The fourth-order valence-electron chi connectivity index (χ4n) is 2.14. The van der Waals surface area contributed by atoms with Crippen molar-refractivity contribution in [1.29, 1.82) is 0 Å². The Morgan fingerprint density at radius 3 is 2.53 bits per heavy atom. The van der Waals surface area contributed by atoms with Gasteiger partial charge in [0.15, 0.2) is 12.4 Å². The molecule has 100 valence electrons. The summed E-state index contributed by atoms with van der Waals surface area (Å²) >= 11 is 0. The van der Waals surface area contributed by atoms with Gasteiger partial charge in [0, 0.05) is 5.56 Å². The van der Waals surface area contributed by atoms with E-state index in [-0.39, 0.29) is 6.61 Å². The Hall–Kier alpha value is -1.76. The van der Waals surface area contributed by atoms with E-state index in [2.05, 4.69) is 0 Å². The Kier molecular flexibility index (Phi) is 3.06. The van der Waals surface area contributed by atoms with Crippen molar-refractivity contribution < 1.29 is 28.9 Å². The van der Waals surface area contributed by atoms with E-state index < -0.39 is 36.4 Å². The second kappa shape index (κ2) is 4.73. The zero-order valence-electron chi connectivity index (χ0n) is 9.89. The number of esters is 1. The molecule has 0 amide bonds. The van der Waals surface area contributed by atoms with E-state index in [9.17, 15) is 14.7 Å². The number of hydrogen-bond donors (Lipinski definition) is 1. The first-order valence-electron chi connectivity index (χ1n) is 5.91. The summed E-state index contributed by atoms with van der Waals surface area (Å²) in [6.45, 7) is 0.135. The molecule has 1 N–H and O–H groups in total. The topological polar surface area (TPSA) is 82.1 Å². The van der Waals surface area contributed by atoms with Gasteiger partial charge in [-0.05, 0) is 0 Å². The number of hydrogen-bond acceptors (Lipinski definition) is 6. The molecule has 0 radical (unpaired) electrons. The van der Waals surface area contributed by atoms with E-state index in [1.54, 1.807) is 0 Å². The Labute approximate surface area is 108 Å². The largest absolute Gasteiger partial charge is 0.449 e. The van der Waals surface area contributed by atoms with Crippen molar-refractivity contribution >= 4 is 11.8 Å². The highest BCUT2D eigenvalue weighted by molar-refractivity contribution is 6.09. The molecule has 2 unspecified atom stereocenters. The molecule has 19 heavy (non-hydrogen) atoms. The quantitative estimate of drug-likeness (QED) is 0.596. The zero-order chi connectivity index (χ0) is 13.4. The van der Waals surface area contributed by atoms with Crippen molar-refractivity contribution in [2.45, 2.75) is 24.6 Å². The van der Waals surface area contributed by atoms with Crippen LogP contribution in [0.4, 0.5) is 0 Å². The van der Waals surface area contributed by atoms with Crippen LogP contribution in [0.1, 0.15) is 11.9 Å². The van der Waals surface area contributed by atoms with E-state index in [1.807, 2.05) is 30.3 Å². The molecule has 0 aliphatic carbocycles. The predicted molar refractivity (Wildman–Crippen MR) is 60.9 cm³/mol. The van der Waals surface area contributed by atoms with E-state index in [0.29, 0.717) is 0 Å². The summed E-state index contributed by atoms with van der Waals surface area (Å²) < 4.78 is 15.8. The smallest absolute Gasteiger partial charge is 0.343 e. The van der Waals surface area contributed by atoms with Gasteiger partial charge in [0.1, 0.15) is 6.10 Å². The van der Waals surface area contributed by atoms with Crippen molar-refractivity contribution in [2.75, 3.05) is 6.61 Å². The Balaban J connectivity index is 1.70. The van der Waals surface area contributed by atoms with Gasteiger partial charge >= 0.3 is 5.97 Å². The third kappa shape index (κ3) is 2.14. The molecule has 0 spiro atoms. The summed E-state index contributed by atoms with van der Waals surface area (Å²) in [5.41, 5.74) is 0.822. The average molecular weight is 264 g/mol. The molecule has 6 heteroatoms. The number of rotatable bonds is 2. The van der Waals surface area contributed by atoms with Crippen molar-refractivity contribution in [2.24, 2.45) is 0 Å². The summed E-state index contributed by atoms with van der Waals surface area (Å²) in [6, 6.07) is 9.24. The monoisotopic (exact) mass is 264 g/mol. The molecule has 0 bridgehead atoms. The molecule has 4 atom stereocenters. The number of aliphatic hydroxyl groups excluding tert-OH is 1. The van der Waals surface area contributed by atoms with Crippen LogP contribution in [-0.4, -0.2) is 41.8 Å². The van der Waals surface area contributed by atoms with Crippen LogP contribution in [0.2, 0.25) is 0 Å². The molecule has 2 heterocycles. The van der Waals surface area contributed by atoms with Crippen LogP contribution in [0.15, 0.2) is 30.3 Å². The number of carbonyl (C=O) groups excluding carboxylic acids is 2. The summed E-state index contributed by atoms with van der Waals surface area (Å²) in [7, 11) is 0. The van der Waals surface area contributed by atoms with Gasteiger partial charge in [0.2, 0.25) is 11.9 Å². The molecule has 0 aromatic heterocycles. The lowest BCUT2D eigenvalue weighted by Crippen LogP contribution is -2.36. The van der Waals surface area contributed by atoms with E-state index in [0.717, 1.165) is 5.56 Å². The standard InChI is InChI=1S/C13H12O6/c14-9-10(15)12(16)19-11(9)8-6-17-13(18-8)7-4-2-1-3-5-7/h1-5,8,10-11,13,15H,6H2/t8-,10?,11+,13?/m0/s1. The number of cyclic esters (lactones) is 1. The normalized spacial score (nSPS) is 34.6. The number of ketones is 1. The molecule has 6 nitrogen and oxygen atoms in total. The summed E-state index contributed by atoms with van der Waals surface area (Å²) in [5.74, 6) is -1.60. The zero-order valence-corrected chi connectivity index (χ0v) is 9.89. The molecule has 2 aliphatic heterocycles. The van der Waals surface area contributed by atoms with Crippen molar-refractivity contribution in [1.82, 2.24) is 0 Å². The molecule has 0 saturated carbocycles. The van der Waals surface area contributed by atoms with E-state index in [1.165, 1.54) is 0 Å². The van der Waals surface area contributed by atoms with Crippen LogP contribution in [0.5, 0.6) is 0 Å². The van der Waals surface area contributed by atoms with E-state index in [4.69, 9.17) is 14.2 Å². The van der Waals surface area contributed by atoms with Gasteiger partial charge in [-0.2, -0.15) is 0 Å². The van der Waals surface area contributed by atoms with Crippen LogP contribution < -0.4 is 0 Å². The number of ether oxygens (including phenoxy) is 3. The molecule has 2 aliphatic rings. The number of aliphatic hydroxyl groups is 1. The van der Waals surface area contributed by atoms with Crippen LogP contribution in [0.25, 0.3) is 0 Å². The highest BCUT2D eigenvalue weighted by atomic mass is 16.7. The Bertz CT molecular complexity index is 499. The van der Waals surface area contributed by atoms with Crippen molar-refractivity contribution in [3.63, 3.8) is 0 Å². The van der Waals surface area contributed by atoms with Crippen LogP contribution in [-0.2, 0) is 23.8 Å². The van der Waals surface area contributed by atoms with Gasteiger partial charge in [0.25, 0.3) is 0 Å². The number of benzene rings is 1. The first kappa shape index (κ1) is 12.3. The first-order chi connectivity index (χ1) is 9.16. The van der Waals surface area contributed by atoms with Gasteiger partial charge in [0.05, 0.1) is 6.61 Å². The maximum atomic E-state index is 11.6. The highest BCUT2D eigenvalue weighted by Crippen LogP contribution is 2.30. The summed E-state index contributed by atoms with van der Waals surface area (Å²) in [4.78, 5) is 22.7. The molecule has 2 fully saturated rings. The predicted octanol–water partition coefficient (Wildman–Crippen LogP) is -0.0440. The van der Waals surface area contributed by atoms with Crippen LogP contribution in [0.3, 0.4) is 0 Å². The molecular formula is C13H12O6. The lowest BCUT2D eigenvalue weighted by Gasteiger charge is -2.15. The molecule has 1 aromatic rings. The molecule has 3 rings (SSSR count). The van der Waals surface area contributed by atoms with Crippen LogP contribution >= 0.6 is 0 Å². The van der Waals surface area contributed by atoms with Gasteiger partial charge in [-0.3, -0.25) is 4.79 Å². The van der Waals surface area contributed by atoms with E-state index >= 15 is 0 Å². The first-order valence-corrected chi connectivity index (χ1v) is 5.91. The SMILES string of the molecule is O=C1O[C@H]([C@@H]2COC(c3ccccc3)O2)C(=O)C1O. The maximum absolute atomic E-state index is 11.6. The van der Waals surface area contributed by atoms with Crippen LogP contribution in [0, 0.1) is 0 Å². The second-order valence-electron chi connectivity index (χ2n) is 4.41.